The second kappa shape index (κ2) is 19.7. The van der Waals surface area contributed by atoms with Crippen molar-refractivity contribution in [1.82, 2.24) is 0 Å². The fourth-order valence-corrected chi connectivity index (χ4v) is 3.57. The number of carboxylic acid groups (broad SMARTS) is 4. The molecule has 0 bridgehead atoms. The number of esters is 6. The number of hydrogen-bond acceptors (Lipinski definition) is 16. The molecule has 0 aliphatic carbocycles. The Morgan fingerprint density at radius 1 is 0.451 bits per heavy atom. The van der Waals surface area contributed by atoms with Crippen LogP contribution in [0.5, 0.6) is 0 Å². The molecule has 2 atom stereocenters. The summed E-state index contributed by atoms with van der Waals surface area (Å²) in [5, 5.41) is 37.9. The average Bonchev–Trinajstić information content (AvgIpc) is 2.92. The number of hydrogen-bond donors (Lipinski definition) is 4. The number of ether oxygens (including phenoxy) is 6. The highest BCUT2D eigenvalue weighted by Crippen LogP contribution is 2.26. The van der Waals surface area contributed by atoms with Gasteiger partial charge in [-0.15, -0.1) is 0 Å². The molecule has 0 saturated heterocycles. The predicted octanol–water partition coefficient (Wildman–Crippen LogP) is -2.58. The van der Waals surface area contributed by atoms with Crippen molar-refractivity contribution in [3.63, 3.8) is 0 Å². The van der Waals surface area contributed by atoms with Crippen molar-refractivity contribution in [2.75, 3.05) is 81.8 Å². The lowest BCUT2D eigenvalue weighted by Gasteiger charge is -2.28. The molecule has 0 aromatic carbocycles. The first-order valence-electron chi connectivity index (χ1n) is 14.8. The monoisotopic (exact) mass is 740 g/mol. The third-order valence-electron chi connectivity index (χ3n) is 6.17. The van der Waals surface area contributed by atoms with Gasteiger partial charge in [0.25, 0.3) is 0 Å². The minimum atomic E-state index is -3.23. The van der Waals surface area contributed by atoms with E-state index in [0.717, 1.165) is 0 Å². The van der Waals surface area contributed by atoms with Crippen molar-refractivity contribution in [3.8, 4) is 0 Å². The van der Waals surface area contributed by atoms with Gasteiger partial charge in [-0.05, 0) is 0 Å². The molecule has 0 aliphatic heterocycles. The van der Waals surface area contributed by atoms with Crippen molar-refractivity contribution in [2.24, 2.45) is 0 Å². The molecule has 2 unspecified atom stereocenters. The normalized spacial score (nSPS) is 13.6. The molecule has 0 amide bonds. The predicted molar refractivity (Wildman–Crippen MR) is 161 cm³/mol. The summed E-state index contributed by atoms with van der Waals surface area (Å²) in [6, 6.07) is 0. The molecular weight excluding hydrogens is 696 g/mol. The minimum absolute atomic E-state index is 0.0749. The topological polar surface area (TPSA) is 307 Å². The van der Waals surface area contributed by atoms with Gasteiger partial charge in [-0.25, -0.2) is 19.2 Å². The third kappa shape index (κ3) is 19.4. The molecule has 22 nitrogen and oxygen atoms in total. The molecule has 0 heterocycles. The number of rotatable bonds is 24. The molecule has 0 aromatic heterocycles. The fourth-order valence-electron chi connectivity index (χ4n) is 3.57. The van der Waals surface area contributed by atoms with E-state index in [1.54, 1.807) is 42.3 Å². The first-order valence-corrected chi connectivity index (χ1v) is 14.8. The lowest BCUT2D eigenvalue weighted by atomic mass is 9.94. The Balaban J connectivity index is 5.73. The summed E-state index contributed by atoms with van der Waals surface area (Å²) in [7, 11) is 10.8. The van der Waals surface area contributed by atoms with Gasteiger partial charge < -0.3 is 57.8 Å². The largest absolute Gasteiger partial charge is 0.481 e. The molecule has 0 rings (SSSR count). The van der Waals surface area contributed by atoms with Crippen LogP contribution in [0.15, 0.2) is 0 Å². The summed E-state index contributed by atoms with van der Waals surface area (Å²) in [4.78, 5) is 121. The maximum absolute atomic E-state index is 12.6. The molecule has 0 aliphatic rings. The van der Waals surface area contributed by atoms with Gasteiger partial charge in [0.15, 0.2) is 13.2 Å². The second-order valence-corrected chi connectivity index (χ2v) is 13.0. The summed E-state index contributed by atoms with van der Waals surface area (Å²) in [6.07, 6.45) is -7.83. The van der Waals surface area contributed by atoms with E-state index in [-0.39, 0.29) is 13.2 Å². The smallest absolute Gasteiger partial charge is 0.349 e. The molecule has 0 aromatic rings. The molecule has 0 saturated carbocycles. The maximum Gasteiger partial charge on any atom is 0.349 e. The van der Waals surface area contributed by atoms with Gasteiger partial charge >= 0.3 is 59.7 Å². The summed E-state index contributed by atoms with van der Waals surface area (Å²) < 4.78 is 29.1. The lowest BCUT2D eigenvalue weighted by Crippen LogP contribution is -2.49. The number of nitrogens with zero attached hydrogens (tertiary/aromatic N) is 2. The van der Waals surface area contributed by atoms with E-state index in [9.17, 15) is 68.4 Å². The van der Waals surface area contributed by atoms with Gasteiger partial charge in [0.1, 0.15) is 32.7 Å². The average molecular weight is 741 g/mol. The van der Waals surface area contributed by atoms with Gasteiger partial charge in [0.05, 0.1) is 68.0 Å². The number of quaternary nitrogens is 2. The Morgan fingerprint density at radius 3 is 1.02 bits per heavy atom. The number of likely N-dealkylation sites (N-methyl/N-ethyl adjacent to an activating group) is 2. The first-order chi connectivity index (χ1) is 23.2. The highest BCUT2D eigenvalue weighted by molar-refractivity contribution is 5.98. The Bertz CT molecular complexity index is 1250. The van der Waals surface area contributed by atoms with Crippen LogP contribution in [-0.2, 0) is 76.4 Å². The van der Waals surface area contributed by atoms with Crippen molar-refractivity contribution in [3.05, 3.63) is 0 Å². The van der Waals surface area contributed by atoms with Crippen LogP contribution in [0.2, 0.25) is 0 Å². The maximum atomic E-state index is 12.6. The molecule has 0 fully saturated rings. The molecule has 4 N–H and O–H groups in total. The minimum Gasteiger partial charge on any atom is -0.481 e. The highest BCUT2D eigenvalue weighted by atomic mass is 16.6. The van der Waals surface area contributed by atoms with E-state index >= 15 is 0 Å². The third-order valence-corrected chi connectivity index (χ3v) is 6.17. The molecule has 288 valence electrons. The standard InChI is InChI=1S/C29H42N2O20/c1-30(2,3)7-9-46-24(40)16-48-22(38)14-28(26(42)43,12-18(32)33)50-20(36)11-21(37)51-29(27(44)45,13-19(34)35)15-23(39)49-17-25(41)47-10-8-31(4,5)6/h7-17H2,1-6H3,(H2-2,32,33,34,35,42,43,44,45)/p+2. The molecule has 0 spiro atoms. The van der Waals surface area contributed by atoms with Crippen LogP contribution in [-0.4, -0.2) is 182 Å². The van der Waals surface area contributed by atoms with E-state index in [1.165, 1.54) is 0 Å². The van der Waals surface area contributed by atoms with Crippen LogP contribution < -0.4 is 0 Å². The van der Waals surface area contributed by atoms with Crippen molar-refractivity contribution in [1.29, 1.82) is 0 Å². The van der Waals surface area contributed by atoms with Gasteiger partial charge in [0.2, 0.25) is 11.2 Å². The lowest BCUT2D eigenvalue weighted by molar-refractivity contribution is -0.870. The van der Waals surface area contributed by atoms with Crippen molar-refractivity contribution in [2.45, 2.75) is 43.3 Å². The first kappa shape index (κ1) is 45.6. The zero-order valence-corrected chi connectivity index (χ0v) is 29.0. The van der Waals surface area contributed by atoms with Crippen LogP contribution in [0.25, 0.3) is 0 Å². The van der Waals surface area contributed by atoms with E-state index in [0.29, 0.717) is 22.1 Å². The van der Waals surface area contributed by atoms with Gasteiger partial charge in [-0.2, -0.15) is 0 Å². The Labute approximate surface area is 290 Å². The van der Waals surface area contributed by atoms with Gasteiger partial charge in [-0.3, -0.25) is 28.8 Å². The Morgan fingerprint density at radius 2 is 0.765 bits per heavy atom. The summed E-state index contributed by atoms with van der Waals surface area (Å²) >= 11 is 0. The van der Waals surface area contributed by atoms with Crippen molar-refractivity contribution >= 4 is 59.7 Å². The highest BCUT2D eigenvalue weighted by Gasteiger charge is 2.50. The molecule has 51 heavy (non-hydrogen) atoms. The second-order valence-electron chi connectivity index (χ2n) is 13.0. The number of aliphatic carboxylic acids is 4. The van der Waals surface area contributed by atoms with E-state index in [1.807, 2.05) is 0 Å². The fraction of sp³-hybridized carbons (Fsp3) is 0.655. The van der Waals surface area contributed by atoms with Gasteiger partial charge in [0, 0.05) is 0 Å². The summed E-state index contributed by atoms with van der Waals surface area (Å²) in [5.41, 5.74) is -6.47. The molecule has 22 heteroatoms. The Kier molecular flexibility index (Phi) is 17.6. The molecular formula is C29H44N2O20+2. The van der Waals surface area contributed by atoms with Crippen LogP contribution in [0.3, 0.4) is 0 Å². The number of carbonyl (C=O) groups is 10. The van der Waals surface area contributed by atoms with Crippen LogP contribution in [0.4, 0.5) is 0 Å². The molecule has 0 radical (unpaired) electrons. The number of carbonyl (C=O) groups excluding carboxylic acids is 6. The zero-order valence-electron chi connectivity index (χ0n) is 29.0. The van der Waals surface area contributed by atoms with E-state index < -0.39 is 116 Å². The SMILES string of the molecule is C[N+](C)(C)CCOC(=O)COC(=O)CC(CC(=O)O)(OC(=O)CC(=O)OC(CC(=O)O)(CC(=O)OCC(=O)OCC[N+](C)(C)C)C(=O)O)C(=O)O. The quantitative estimate of drug-likeness (QED) is 0.0342. The number of carboxylic acids is 4. The van der Waals surface area contributed by atoms with Crippen molar-refractivity contribution < 1.29 is 106 Å². The van der Waals surface area contributed by atoms with Gasteiger partial charge in [-0.1, -0.05) is 0 Å². The summed E-state index contributed by atoms with van der Waals surface area (Å²) in [5.74, 6) is -17.2. The zero-order chi connectivity index (χ0) is 39.8. The van der Waals surface area contributed by atoms with E-state index in [4.69, 9.17) is 9.47 Å². The van der Waals surface area contributed by atoms with Crippen LogP contribution in [0, 0.1) is 0 Å². The summed E-state index contributed by atoms with van der Waals surface area (Å²) in [6.45, 7) is -1.45. The van der Waals surface area contributed by atoms with Crippen LogP contribution >= 0.6 is 0 Å². The Hall–Kier alpha value is -5.38. The van der Waals surface area contributed by atoms with E-state index in [2.05, 4.69) is 18.9 Å². The van der Waals surface area contributed by atoms with Crippen LogP contribution in [0.1, 0.15) is 32.1 Å².